The molecule has 1 aromatic carbocycles. The van der Waals surface area contributed by atoms with Crippen LogP contribution in [0.1, 0.15) is 44.7 Å². The summed E-state index contributed by atoms with van der Waals surface area (Å²) >= 11 is 0. The number of rotatable bonds is 6. The van der Waals surface area contributed by atoms with Gasteiger partial charge in [-0.3, -0.25) is 0 Å². The molecule has 0 saturated heterocycles. The van der Waals surface area contributed by atoms with Crippen LogP contribution < -0.4 is 4.90 Å². The number of aryl methyl sites for hydroxylation is 2. The van der Waals surface area contributed by atoms with E-state index >= 15 is 0 Å². The molecule has 0 N–H and O–H groups in total. The fraction of sp³-hybridized carbons (Fsp3) is 0.600. The van der Waals surface area contributed by atoms with Crippen molar-refractivity contribution in [2.24, 2.45) is 0 Å². The van der Waals surface area contributed by atoms with Crippen LogP contribution in [0.3, 0.4) is 0 Å². The zero-order chi connectivity index (χ0) is 12.0. The van der Waals surface area contributed by atoms with Gasteiger partial charge < -0.3 is 4.90 Å². The first-order valence-electron chi connectivity index (χ1n) is 6.57. The van der Waals surface area contributed by atoms with Crippen LogP contribution in [-0.4, -0.2) is 13.1 Å². The molecular formula is C15H25N. The average Bonchev–Trinajstić information content (AvgIpc) is 2.32. The Labute approximate surface area is 100 Å². The largest absolute Gasteiger partial charge is 0.372 e. The van der Waals surface area contributed by atoms with Crippen molar-refractivity contribution in [1.82, 2.24) is 0 Å². The molecule has 0 saturated carbocycles. The van der Waals surface area contributed by atoms with E-state index in [4.69, 9.17) is 0 Å². The normalized spacial score (nSPS) is 10.5. The van der Waals surface area contributed by atoms with Crippen molar-refractivity contribution in [3.05, 3.63) is 29.3 Å². The SMILES string of the molecule is CCCCN(CC)c1cc(CC)ccc1C. The van der Waals surface area contributed by atoms with Gasteiger partial charge in [-0.05, 0) is 43.9 Å². The lowest BCUT2D eigenvalue weighted by Crippen LogP contribution is -2.24. The summed E-state index contributed by atoms with van der Waals surface area (Å²) in [6.07, 6.45) is 3.67. The Morgan fingerprint density at radius 2 is 1.88 bits per heavy atom. The van der Waals surface area contributed by atoms with E-state index in [2.05, 4.69) is 50.8 Å². The minimum Gasteiger partial charge on any atom is -0.372 e. The topological polar surface area (TPSA) is 3.24 Å². The minimum atomic E-state index is 1.11. The van der Waals surface area contributed by atoms with E-state index in [1.165, 1.54) is 36.2 Å². The molecule has 0 fully saturated rings. The minimum absolute atomic E-state index is 1.11. The molecule has 0 heterocycles. The quantitative estimate of drug-likeness (QED) is 0.693. The first kappa shape index (κ1) is 13.1. The lowest BCUT2D eigenvalue weighted by molar-refractivity contribution is 0.730. The molecule has 0 aliphatic carbocycles. The van der Waals surface area contributed by atoms with E-state index in [1.807, 2.05) is 0 Å². The third-order valence-electron chi connectivity index (χ3n) is 3.19. The first-order valence-corrected chi connectivity index (χ1v) is 6.57. The average molecular weight is 219 g/mol. The zero-order valence-corrected chi connectivity index (χ0v) is 11.2. The summed E-state index contributed by atoms with van der Waals surface area (Å²) < 4.78 is 0. The second-order valence-electron chi connectivity index (χ2n) is 4.41. The van der Waals surface area contributed by atoms with Crippen molar-refractivity contribution in [3.8, 4) is 0 Å². The Bertz CT molecular complexity index is 317. The number of benzene rings is 1. The Kier molecular flexibility index (Phi) is 5.37. The van der Waals surface area contributed by atoms with Crippen LogP contribution in [0.5, 0.6) is 0 Å². The van der Waals surface area contributed by atoms with Gasteiger partial charge in [0, 0.05) is 18.8 Å². The second kappa shape index (κ2) is 6.57. The van der Waals surface area contributed by atoms with Crippen molar-refractivity contribution >= 4 is 5.69 Å². The van der Waals surface area contributed by atoms with Crippen LogP contribution >= 0.6 is 0 Å². The van der Waals surface area contributed by atoms with Crippen LogP contribution in [0, 0.1) is 6.92 Å². The Balaban J connectivity index is 2.89. The van der Waals surface area contributed by atoms with Crippen molar-refractivity contribution < 1.29 is 0 Å². The van der Waals surface area contributed by atoms with Crippen molar-refractivity contribution in [2.75, 3.05) is 18.0 Å². The number of unbranched alkanes of at least 4 members (excludes halogenated alkanes) is 1. The summed E-state index contributed by atoms with van der Waals surface area (Å²) in [6, 6.07) is 6.85. The summed E-state index contributed by atoms with van der Waals surface area (Å²) in [5.41, 5.74) is 4.26. The van der Waals surface area contributed by atoms with Gasteiger partial charge in [0.25, 0.3) is 0 Å². The smallest absolute Gasteiger partial charge is 0.0398 e. The van der Waals surface area contributed by atoms with Crippen LogP contribution in [0.4, 0.5) is 5.69 Å². The van der Waals surface area contributed by atoms with Gasteiger partial charge in [0.15, 0.2) is 0 Å². The molecule has 0 aromatic heterocycles. The molecule has 1 aromatic rings. The van der Waals surface area contributed by atoms with Gasteiger partial charge in [0.1, 0.15) is 0 Å². The van der Waals surface area contributed by atoms with Crippen LogP contribution in [0.25, 0.3) is 0 Å². The monoisotopic (exact) mass is 219 g/mol. The van der Waals surface area contributed by atoms with Gasteiger partial charge in [-0.15, -0.1) is 0 Å². The maximum absolute atomic E-state index is 2.50. The lowest BCUT2D eigenvalue weighted by Gasteiger charge is -2.25. The molecule has 1 nitrogen and oxygen atoms in total. The Morgan fingerprint density at radius 1 is 1.12 bits per heavy atom. The molecule has 0 spiro atoms. The maximum atomic E-state index is 2.50. The van der Waals surface area contributed by atoms with Gasteiger partial charge in [0.05, 0.1) is 0 Å². The predicted molar refractivity (Wildman–Crippen MR) is 73.4 cm³/mol. The third kappa shape index (κ3) is 3.26. The van der Waals surface area contributed by atoms with Gasteiger partial charge in [-0.25, -0.2) is 0 Å². The summed E-state index contributed by atoms with van der Waals surface area (Å²) in [6.45, 7) is 11.2. The van der Waals surface area contributed by atoms with Gasteiger partial charge in [-0.1, -0.05) is 32.4 Å². The molecule has 1 heteroatoms. The van der Waals surface area contributed by atoms with E-state index in [9.17, 15) is 0 Å². The van der Waals surface area contributed by atoms with Crippen LogP contribution in [0.15, 0.2) is 18.2 Å². The highest BCUT2D eigenvalue weighted by Gasteiger charge is 2.07. The van der Waals surface area contributed by atoms with Crippen molar-refractivity contribution in [3.63, 3.8) is 0 Å². The van der Waals surface area contributed by atoms with Crippen LogP contribution in [0.2, 0.25) is 0 Å². The van der Waals surface area contributed by atoms with Gasteiger partial charge >= 0.3 is 0 Å². The summed E-state index contributed by atoms with van der Waals surface area (Å²) in [5, 5.41) is 0. The highest BCUT2D eigenvalue weighted by Crippen LogP contribution is 2.22. The van der Waals surface area contributed by atoms with Crippen molar-refractivity contribution in [1.29, 1.82) is 0 Å². The third-order valence-corrected chi connectivity index (χ3v) is 3.19. The highest BCUT2D eigenvalue weighted by atomic mass is 15.1. The molecule has 16 heavy (non-hydrogen) atoms. The fourth-order valence-corrected chi connectivity index (χ4v) is 2.01. The molecule has 0 aliphatic rings. The molecule has 0 aliphatic heterocycles. The number of hydrogen-bond donors (Lipinski definition) is 0. The summed E-state index contributed by atoms with van der Waals surface area (Å²) in [7, 11) is 0. The lowest BCUT2D eigenvalue weighted by atomic mass is 10.1. The number of hydrogen-bond acceptors (Lipinski definition) is 1. The van der Waals surface area contributed by atoms with E-state index in [1.54, 1.807) is 0 Å². The molecular weight excluding hydrogens is 194 g/mol. The zero-order valence-electron chi connectivity index (χ0n) is 11.2. The van der Waals surface area contributed by atoms with Crippen LogP contribution in [-0.2, 0) is 6.42 Å². The van der Waals surface area contributed by atoms with E-state index in [0.717, 1.165) is 13.0 Å². The molecule has 1 rings (SSSR count). The standard InChI is InChI=1S/C15H25N/c1-5-8-11-16(7-3)15-12-14(6-2)10-9-13(15)4/h9-10,12H,5-8,11H2,1-4H3. The molecule has 0 radical (unpaired) electrons. The Morgan fingerprint density at radius 3 is 2.44 bits per heavy atom. The molecule has 0 unspecified atom stereocenters. The first-order chi connectivity index (χ1) is 7.72. The summed E-state index contributed by atoms with van der Waals surface area (Å²) in [4.78, 5) is 2.50. The fourth-order valence-electron chi connectivity index (χ4n) is 2.01. The number of nitrogens with zero attached hydrogens (tertiary/aromatic N) is 1. The second-order valence-corrected chi connectivity index (χ2v) is 4.41. The molecule has 0 atom stereocenters. The highest BCUT2D eigenvalue weighted by molar-refractivity contribution is 5.55. The van der Waals surface area contributed by atoms with E-state index < -0.39 is 0 Å². The molecule has 0 amide bonds. The van der Waals surface area contributed by atoms with Crippen molar-refractivity contribution in [2.45, 2.75) is 47.0 Å². The predicted octanol–water partition coefficient (Wildman–Crippen LogP) is 4.18. The Hall–Kier alpha value is -0.980. The number of anilines is 1. The summed E-state index contributed by atoms with van der Waals surface area (Å²) in [5.74, 6) is 0. The molecule has 90 valence electrons. The van der Waals surface area contributed by atoms with E-state index in [-0.39, 0.29) is 0 Å². The van der Waals surface area contributed by atoms with Gasteiger partial charge in [0.2, 0.25) is 0 Å². The maximum Gasteiger partial charge on any atom is 0.0398 e. The molecule has 0 bridgehead atoms. The van der Waals surface area contributed by atoms with Gasteiger partial charge in [-0.2, -0.15) is 0 Å². The van der Waals surface area contributed by atoms with E-state index in [0.29, 0.717) is 0 Å².